The Kier molecular flexibility index (Phi) is 1.33. The molecule has 9 heavy (non-hydrogen) atoms. The van der Waals surface area contributed by atoms with Crippen molar-refractivity contribution in [3.8, 4) is 0 Å². The lowest BCUT2D eigenvalue weighted by Crippen LogP contribution is -2.34. The fourth-order valence-corrected chi connectivity index (χ4v) is 0.639. The third-order valence-corrected chi connectivity index (χ3v) is 1.28. The third-order valence-electron chi connectivity index (χ3n) is 1.28. The summed E-state index contributed by atoms with van der Waals surface area (Å²) in [6.45, 7) is 0. The van der Waals surface area contributed by atoms with Crippen LogP contribution in [0.1, 0.15) is 0 Å². The maximum Gasteiger partial charge on any atom is 0.170 e. The summed E-state index contributed by atoms with van der Waals surface area (Å²) >= 11 is 0. The quantitative estimate of drug-likeness (QED) is 0.519. The van der Waals surface area contributed by atoms with Crippen molar-refractivity contribution in [2.75, 3.05) is 21.1 Å². The molecule has 2 heteroatoms. The molecule has 50 valence electrons. The van der Waals surface area contributed by atoms with Gasteiger partial charge in [0.25, 0.3) is 0 Å². The number of quaternary nitrogens is 1. The summed E-state index contributed by atoms with van der Waals surface area (Å²) in [5.74, 6) is 0. The van der Waals surface area contributed by atoms with Crippen LogP contribution in [0.4, 0.5) is 5.69 Å². The molecule has 0 saturated carbocycles. The molecule has 0 amide bonds. The van der Waals surface area contributed by atoms with Crippen LogP contribution in [0.15, 0.2) is 23.0 Å². The average molecular weight is 126 g/mol. The largest absolute Gasteiger partial charge is 0.466 e. The number of furan rings is 1. The molecule has 1 aromatic rings. The van der Waals surface area contributed by atoms with Gasteiger partial charge in [-0.25, -0.2) is 0 Å². The summed E-state index contributed by atoms with van der Waals surface area (Å²) in [7, 11) is 6.31. The second kappa shape index (κ2) is 1.88. The van der Waals surface area contributed by atoms with Crippen LogP contribution < -0.4 is 4.48 Å². The van der Waals surface area contributed by atoms with Crippen LogP contribution in [0.3, 0.4) is 0 Å². The Morgan fingerprint density at radius 2 is 2.00 bits per heavy atom. The lowest BCUT2D eigenvalue weighted by atomic mass is 10.4. The van der Waals surface area contributed by atoms with E-state index in [2.05, 4.69) is 21.1 Å². The van der Waals surface area contributed by atoms with E-state index in [4.69, 9.17) is 4.42 Å². The molecule has 0 aliphatic carbocycles. The molecule has 0 aliphatic rings. The van der Waals surface area contributed by atoms with Gasteiger partial charge >= 0.3 is 0 Å². The highest BCUT2D eigenvalue weighted by molar-refractivity contribution is 5.36. The number of hydrogen-bond donors (Lipinski definition) is 0. The van der Waals surface area contributed by atoms with Crippen molar-refractivity contribution in [2.24, 2.45) is 0 Å². The average Bonchev–Trinajstić information content (AvgIpc) is 2.08. The Morgan fingerprint density at radius 3 is 2.22 bits per heavy atom. The normalized spacial score (nSPS) is 11.9. The van der Waals surface area contributed by atoms with E-state index >= 15 is 0 Å². The van der Waals surface area contributed by atoms with Gasteiger partial charge in [-0.1, -0.05) is 0 Å². The van der Waals surface area contributed by atoms with Crippen molar-refractivity contribution >= 4 is 5.69 Å². The van der Waals surface area contributed by atoms with Crippen LogP contribution in [0.25, 0.3) is 0 Å². The van der Waals surface area contributed by atoms with E-state index in [0.29, 0.717) is 0 Å². The van der Waals surface area contributed by atoms with Crippen molar-refractivity contribution in [3.63, 3.8) is 0 Å². The zero-order chi connectivity index (χ0) is 6.91. The number of nitrogens with zero attached hydrogens (tertiary/aromatic N) is 1. The summed E-state index contributed by atoms with van der Waals surface area (Å²) in [6.07, 6.45) is 3.46. The van der Waals surface area contributed by atoms with Gasteiger partial charge in [0.05, 0.1) is 27.4 Å². The highest BCUT2D eigenvalue weighted by Gasteiger charge is 2.11. The SMILES string of the molecule is C[N+](C)(C)c1ccoc1. The molecule has 0 bridgehead atoms. The van der Waals surface area contributed by atoms with Crippen LogP contribution in [-0.4, -0.2) is 21.1 Å². The van der Waals surface area contributed by atoms with Crippen molar-refractivity contribution in [1.29, 1.82) is 0 Å². The highest BCUT2D eigenvalue weighted by atomic mass is 16.3. The minimum absolute atomic E-state index is 0.816. The summed E-state index contributed by atoms with van der Waals surface area (Å²) < 4.78 is 5.74. The van der Waals surface area contributed by atoms with Gasteiger partial charge in [-0.2, -0.15) is 0 Å². The van der Waals surface area contributed by atoms with Crippen molar-refractivity contribution in [2.45, 2.75) is 0 Å². The smallest absolute Gasteiger partial charge is 0.170 e. The first-order valence-electron chi connectivity index (χ1n) is 2.95. The molecule has 0 aromatic carbocycles. The van der Waals surface area contributed by atoms with Gasteiger partial charge in [-0.3, -0.25) is 4.48 Å². The molecule has 1 aromatic heterocycles. The van der Waals surface area contributed by atoms with Crippen molar-refractivity contribution in [3.05, 3.63) is 18.6 Å². The van der Waals surface area contributed by atoms with Gasteiger partial charge in [-0.15, -0.1) is 0 Å². The van der Waals surface area contributed by atoms with E-state index in [9.17, 15) is 0 Å². The van der Waals surface area contributed by atoms with E-state index in [1.54, 1.807) is 12.5 Å². The van der Waals surface area contributed by atoms with E-state index in [-0.39, 0.29) is 0 Å². The van der Waals surface area contributed by atoms with Gasteiger partial charge in [-0.05, 0) is 0 Å². The van der Waals surface area contributed by atoms with Crippen LogP contribution in [-0.2, 0) is 0 Å². The van der Waals surface area contributed by atoms with Crippen LogP contribution >= 0.6 is 0 Å². The fourth-order valence-electron chi connectivity index (χ4n) is 0.639. The van der Waals surface area contributed by atoms with Crippen LogP contribution in [0.5, 0.6) is 0 Å². The molecule has 0 atom stereocenters. The van der Waals surface area contributed by atoms with Gasteiger partial charge in [0.2, 0.25) is 0 Å². The first-order chi connectivity index (χ1) is 4.11. The van der Waals surface area contributed by atoms with E-state index in [1.165, 1.54) is 5.69 Å². The molecule has 0 fully saturated rings. The molecule has 1 rings (SSSR count). The van der Waals surface area contributed by atoms with Gasteiger partial charge in [0, 0.05) is 6.07 Å². The monoisotopic (exact) mass is 126 g/mol. The van der Waals surface area contributed by atoms with Crippen molar-refractivity contribution < 1.29 is 4.42 Å². The summed E-state index contributed by atoms with van der Waals surface area (Å²) in [6, 6.07) is 1.97. The highest BCUT2D eigenvalue weighted by Crippen LogP contribution is 2.15. The molecule has 0 radical (unpaired) electrons. The Bertz CT molecular complexity index is 171. The minimum atomic E-state index is 0.816. The maximum absolute atomic E-state index is 4.93. The molecule has 0 saturated heterocycles. The summed E-state index contributed by atoms with van der Waals surface area (Å²) in [4.78, 5) is 0. The predicted octanol–water partition coefficient (Wildman–Crippen LogP) is 1.48. The Labute approximate surface area is 55.3 Å². The molecular formula is C7H12NO+. The van der Waals surface area contributed by atoms with Gasteiger partial charge in [0.1, 0.15) is 0 Å². The maximum atomic E-state index is 4.93. The molecule has 0 unspecified atom stereocenters. The topological polar surface area (TPSA) is 13.1 Å². The van der Waals surface area contributed by atoms with E-state index in [0.717, 1.165) is 4.48 Å². The Morgan fingerprint density at radius 1 is 1.33 bits per heavy atom. The second-order valence-electron chi connectivity index (χ2n) is 2.99. The van der Waals surface area contributed by atoms with Crippen LogP contribution in [0.2, 0.25) is 0 Å². The molecule has 1 heterocycles. The molecule has 0 aliphatic heterocycles. The second-order valence-corrected chi connectivity index (χ2v) is 2.99. The van der Waals surface area contributed by atoms with E-state index in [1.807, 2.05) is 6.07 Å². The molecular weight excluding hydrogens is 114 g/mol. The Hall–Kier alpha value is -0.760. The summed E-state index contributed by atoms with van der Waals surface area (Å²) in [5.41, 5.74) is 1.19. The first kappa shape index (κ1) is 6.36. The lowest BCUT2D eigenvalue weighted by Gasteiger charge is -2.20. The minimum Gasteiger partial charge on any atom is -0.466 e. The Balaban J connectivity index is 2.90. The van der Waals surface area contributed by atoms with Gasteiger partial charge < -0.3 is 4.42 Å². The molecule has 2 nitrogen and oxygen atoms in total. The van der Waals surface area contributed by atoms with Crippen LogP contribution in [0, 0.1) is 0 Å². The fraction of sp³-hybridized carbons (Fsp3) is 0.429. The third kappa shape index (κ3) is 1.33. The summed E-state index contributed by atoms with van der Waals surface area (Å²) in [5, 5.41) is 0. The molecule has 0 N–H and O–H groups in total. The number of hydrogen-bond acceptors (Lipinski definition) is 1. The van der Waals surface area contributed by atoms with Crippen molar-refractivity contribution in [1.82, 2.24) is 4.48 Å². The standard InChI is InChI=1S/C7H12NO/c1-8(2,3)7-4-5-9-6-7/h4-6H,1-3H3/q+1. The molecule has 0 spiro atoms. The zero-order valence-corrected chi connectivity index (χ0v) is 6.09. The first-order valence-corrected chi connectivity index (χ1v) is 2.95. The predicted molar refractivity (Wildman–Crippen MR) is 38.3 cm³/mol. The zero-order valence-electron chi connectivity index (χ0n) is 6.09. The van der Waals surface area contributed by atoms with Gasteiger partial charge in [0.15, 0.2) is 12.0 Å². The number of rotatable bonds is 1. The van der Waals surface area contributed by atoms with E-state index < -0.39 is 0 Å². The lowest BCUT2D eigenvalue weighted by molar-refractivity contribution is 0.475.